The summed E-state index contributed by atoms with van der Waals surface area (Å²) in [5, 5.41) is -0.337. The van der Waals surface area contributed by atoms with Gasteiger partial charge in [-0.2, -0.15) is 0 Å². The topological polar surface area (TPSA) is 53.8 Å². The summed E-state index contributed by atoms with van der Waals surface area (Å²) in [6.07, 6.45) is 1.45. The van der Waals surface area contributed by atoms with Gasteiger partial charge >= 0.3 is 0 Å². The highest BCUT2D eigenvalue weighted by Crippen LogP contribution is 2.42. The second kappa shape index (κ2) is 7.31. The largest absolute Gasteiger partial charge is 0.459 e. The predicted molar refractivity (Wildman–Crippen MR) is 93.6 cm³/mol. The van der Waals surface area contributed by atoms with Gasteiger partial charge in [0.1, 0.15) is 11.2 Å². The Balaban J connectivity index is 1.69. The number of hydrogen-bond acceptors (Lipinski definition) is 4. The first-order valence-electron chi connectivity index (χ1n) is 7.97. The van der Waals surface area contributed by atoms with Crippen molar-refractivity contribution in [1.29, 1.82) is 0 Å². The van der Waals surface area contributed by atoms with Crippen molar-refractivity contribution in [2.75, 3.05) is 20.1 Å². The number of halogens is 1. The molecule has 0 saturated carbocycles. The minimum Gasteiger partial charge on any atom is -0.459 e. The number of thioether (sulfide) groups is 1. The van der Waals surface area contributed by atoms with Gasteiger partial charge < -0.3 is 14.2 Å². The van der Waals surface area contributed by atoms with Gasteiger partial charge in [0.05, 0.1) is 11.5 Å². The van der Waals surface area contributed by atoms with E-state index in [-0.39, 0.29) is 34.0 Å². The molecule has 1 aromatic carbocycles. The number of carbonyl (C=O) groups is 2. The Bertz CT molecular complexity index is 748. The Kier molecular flexibility index (Phi) is 5.13. The highest BCUT2D eigenvalue weighted by molar-refractivity contribution is 8.01. The summed E-state index contributed by atoms with van der Waals surface area (Å²) >= 11 is 1.53. The quantitative estimate of drug-likeness (QED) is 0.820. The molecule has 1 aromatic heterocycles. The van der Waals surface area contributed by atoms with E-state index in [0.717, 1.165) is 5.56 Å². The molecule has 2 aromatic rings. The van der Waals surface area contributed by atoms with Gasteiger partial charge in [-0.25, -0.2) is 4.39 Å². The van der Waals surface area contributed by atoms with Crippen molar-refractivity contribution < 1.29 is 18.4 Å². The van der Waals surface area contributed by atoms with Gasteiger partial charge in [0.2, 0.25) is 5.91 Å². The van der Waals surface area contributed by atoms with Gasteiger partial charge in [0.25, 0.3) is 5.91 Å². The van der Waals surface area contributed by atoms with E-state index >= 15 is 0 Å². The fourth-order valence-corrected chi connectivity index (χ4v) is 4.04. The molecule has 0 radical (unpaired) electrons. The van der Waals surface area contributed by atoms with Crippen molar-refractivity contribution in [1.82, 2.24) is 9.80 Å². The molecular formula is C18H19FN2O3S. The highest BCUT2D eigenvalue weighted by Gasteiger charge is 2.38. The third kappa shape index (κ3) is 3.71. The second-order valence-corrected chi connectivity index (χ2v) is 7.34. The summed E-state index contributed by atoms with van der Waals surface area (Å²) in [5.41, 5.74) is 0.879. The van der Waals surface area contributed by atoms with Crippen LogP contribution >= 0.6 is 11.8 Å². The molecule has 3 rings (SSSR count). The van der Waals surface area contributed by atoms with Crippen molar-refractivity contribution in [2.24, 2.45) is 0 Å². The van der Waals surface area contributed by atoms with Crippen molar-refractivity contribution >= 4 is 23.6 Å². The number of nitrogens with zero attached hydrogens (tertiary/aromatic N) is 2. The van der Waals surface area contributed by atoms with Crippen LogP contribution in [0.2, 0.25) is 0 Å². The molecule has 1 aliphatic heterocycles. The summed E-state index contributed by atoms with van der Waals surface area (Å²) in [4.78, 5) is 28.0. The molecule has 1 fully saturated rings. The first kappa shape index (κ1) is 17.5. The molecule has 0 bridgehead atoms. The van der Waals surface area contributed by atoms with Crippen LogP contribution < -0.4 is 0 Å². The number of rotatable bonds is 5. The summed E-state index contributed by atoms with van der Waals surface area (Å²) in [5.74, 6) is -0.233. The molecule has 132 valence electrons. The first-order valence-corrected chi connectivity index (χ1v) is 8.92. The number of carbonyl (C=O) groups excluding carboxylic acids is 2. The minimum absolute atomic E-state index is 0.0261. The first-order chi connectivity index (χ1) is 12.0. The molecule has 7 heteroatoms. The number of likely N-dealkylation sites (N-methyl/N-ethyl adjacent to an activating group) is 1. The van der Waals surface area contributed by atoms with E-state index in [1.807, 2.05) is 6.92 Å². The highest BCUT2D eigenvalue weighted by atomic mass is 32.2. The Hall–Kier alpha value is -2.28. The lowest BCUT2D eigenvalue weighted by atomic mass is 10.2. The normalized spacial score (nSPS) is 20.1. The lowest BCUT2D eigenvalue weighted by molar-refractivity contribution is -0.129. The Labute approximate surface area is 149 Å². The van der Waals surface area contributed by atoms with Crippen LogP contribution in [0.3, 0.4) is 0 Å². The van der Waals surface area contributed by atoms with Crippen LogP contribution in [0.5, 0.6) is 0 Å². The van der Waals surface area contributed by atoms with E-state index in [1.165, 1.54) is 35.1 Å². The molecule has 1 aliphatic rings. The maximum Gasteiger partial charge on any atom is 0.289 e. The zero-order valence-corrected chi connectivity index (χ0v) is 14.8. The van der Waals surface area contributed by atoms with Crippen molar-refractivity contribution in [3.8, 4) is 0 Å². The number of amides is 2. The van der Waals surface area contributed by atoms with Crippen molar-refractivity contribution in [3.05, 3.63) is 59.8 Å². The average Bonchev–Trinajstić information content (AvgIpc) is 3.23. The molecule has 0 aliphatic carbocycles. The molecule has 2 heterocycles. The van der Waals surface area contributed by atoms with Crippen LogP contribution in [0.15, 0.2) is 47.1 Å². The number of hydrogen-bond donors (Lipinski definition) is 0. The standard InChI is InChI=1S/C18H19FN2O3S/c1-12-16(22)21(18(25-12)13-5-7-14(19)8-6-13)10-9-20(2)17(23)15-4-3-11-24-15/h3-8,11-12,18H,9-10H2,1-2H3/t12-,18-/m1/s1. The van der Waals surface area contributed by atoms with Gasteiger partial charge in [0.15, 0.2) is 5.76 Å². The monoisotopic (exact) mass is 362 g/mol. The molecular weight excluding hydrogens is 343 g/mol. The fourth-order valence-electron chi connectivity index (χ4n) is 2.74. The Morgan fingerprint density at radius 3 is 2.68 bits per heavy atom. The summed E-state index contributed by atoms with van der Waals surface area (Å²) < 4.78 is 18.3. The molecule has 1 saturated heterocycles. The van der Waals surface area contributed by atoms with Crippen LogP contribution in [0.25, 0.3) is 0 Å². The second-order valence-electron chi connectivity index (χ2n) is 5.92. The van der Waals surface area contributed by atoms with Gasteiger partial charge in [-0.05, 0) is 36.8 Å². The van der Waals surface area contributed by atoms with Gasteiger partial charge in [0, 0.05) is 20.1 Å². The van der Waals surface area contributed by atoms with E-state index in [9.17, 15) is 14.0 Å². The zero-order chi connectivity index (χ0) is 18.0. The van der Waals surface area contributed by atoms with Crippen molar-refractivity contribution in [3.63, 3.8) is 0 Å². The lowest BCUT2D eigenvalue weighted by Gasteiger charge is -2.26. The molecule has 2 amide bonds. The van der Waals surface area contributed by atoms with E-state index in [4.69, 9.17) is 4.42 Å². The molecule has 25 heavy (non-hydrogen) atoms. The molecule has 2 atom stereocenters. The molecule has 5 nitrogen and oxygen atoms in total. The summed E-state index contributed by atoms with van der Waals surface area (Å²) in [6.45, 7) is 2.65. The van der Waals surface area contributed by atoms with Crippen LogP contribution in [0.1, 0.15) is 28.4 Å². The molecule has 0 spiro atoms. The van der Waals surface area contributed by atoms with Crippen LogP contribution in [-0.2, 0) is 4.79 Å². The van der Waals surface area contributed by atoms with Gasteiger partial charge in [-0.15, -0.1) is 11.8 Å². The predicted octanol–water partition coefficient (Wildman–Crippen LogP) is 3.15. The van der Waals surface area contributed by atoms with E-state index in [0.29, 0.717) is 13.1 Å². The minimum atomic E-state index is -0.304. The number of furan rings is 1. The number of benzene rings is 1. The Morgan fingerprint density at radius 1 is 1.32 bits per heavy atom. The van der Waals surface area contributed by atoms with E-state index in [1.54, 1.807) is 36.2 Å². The lowest BCUT2D eigenvalue weighted by Crippen LogP contribution is -2.39. The average molecular weight is 362 g/mol. The smallest absolute Gasteiger partial charge is 0.289 e. The van der Waals surface area contributed by atoms with Gasteiger partial charge in [-0.3, -0.25) is 9.59 Å². The Morgan fingerprint density at radius 2 is 2.04 bits per heavy atom. The van der Waals surface area contributed by atoms with E-state index in [2.05, 4.69) is 0 Å². The summed E-state index contributed by atoms with van der Waals surface area (Å²) in [6, 6.07) is 9.46. The van der Waals surface area contributed by atoms with E-state index < -0.39 is 0 Å². The van der Waals surface area contributed by atoms with Crippen LogP contribution in [0, 0.1) is 5.82 Å². The maximum atomic E-state index is 13.2. The van der Waals surface area contributed by atoms with Crippen molar-refractivity contribution in [2.45, 2.75) is 17.5 Å². The third-order valence-corrected chi connectivity index (χ3v) is 5.55. The van der Waals surface area contributed by atoms with Gasteiger partial charge in [-0.1, -0.05) is 12.1 Å². The SMILES string of the molecule is C[C@H]1S[C@H](c2ccc(F)cc2)N(CCN(C)C(=O)c2ccco2)C1=O. The van der Waals surface area contributed by atoms with Crippen LogP contribution in [-0.4, -0.2) is 47.0 Å². The maximum absolute atomic E-state index is 13.2. The zero-order valence-electron chi connectivity index (χ0n) is 14.0. The fraction of sp³-hybridized carbons (Fsp3) is 0.333. The molecule has 0 N–H and O–H groups in total. The third-order valence-electron chi connectivity index (χ3n) is 4.16. The molecule has 0 unspecified atom stereocenters. The summed E-state index contributed by atoms with van der Waals surface area (Å²) in [7, 11) is 1.68. The van der Waals surface area contributed by atoms with Crippen LogP contribution in [0.4, 0.5) is 4.39 Å².